The van der Waals surface area contributed by atoms with Gasteiger partial charge in [0.05, 0.1) is 0 Å². The van der Waals surface area contributed by atoms with E-state index in [4.69, 9.17) is 0 Å². The van der Waals surface area contributed by atoms with E-state index in [1.54, 1.807) is 5.56 Å². The number of rotatable bonds is 0. The fourth-order valence-corrected chi connectivity index (χ4v) is 2.98. The highest BCUT2D eigenvalue weighted by Gasteiger charge is 2.57. The van der Waals surface area contributed by atoms with E-state index >= 15 is 0 Å². The van der Waals surface area contributed by atoms with E-state index in [2.05, 4.69) is 43.4 Å². The van der Waals surface area contributed by atoms with Crippen LogP contribution < -0.4 is 5.32 Å². The molecule has 0 unspecified atom stereocenters. The molecule has 1 saturated carbocycles. The van der Waals surface area contributed by atoms with Crippen LogP contribution in [0.3, 0.4) is 0 Å². The van der Waals surface area contributed by atoms with Gasteiger partial charge in [-0.2, -0.15) is 0 Å². The van der Waals surface area contributed by atoms with E-state index in [-0.39, 0.29) is 5.54 Å². The van der Waals surface area contributed by atoms with Crippen LogP contribution in [0.4, 0.5) is 0 Å². The Labute approximate surface area is 85.5 Å². The van der Waals surface area contributed by atoms with Crippen LogP contribution in [0.15, 0.2) is 24.3 Å². The highest BCUT2D eigenvalue weighted by atomic mass is 15.0. The average Bonchev–Trinajstić information content (AvgIpc) is 2.95. The zero-order valence-electron chi connectivity index (χ0n) is 8.93. The van der Waals surface area contributed by atoms with Crippen LogP contribution in [0, 0.1) is 0 Å². The van der Waals surface area contributed by atoms with E-state index in [0.717, 1.165) is 6.54 Å². The summed E-state index contributed by atoms with van der Waals surface area (Å²) in [5.74, 6) is 0. The number of hydrogen-bond acceptors (Lipinski definition) is 1. The normalized spacial score (nSPS) is 25.9. The van der Waals surface area contributed by atoms with Crippen LogP contribution in [-0.4, -0.2) is 5.54 Å². The summed E-state index contributed by atoms with van der Waals surface area (Å²) in [6.45, 7) is 5.72. The zero-order valence-corrected chi connectivity index (χ0v) is 8.93. The molecule has 74 valence electrons. The van der Waals surface area contributed by atoms with E-state index in [9.17, 15) is 0 Å². The van der Waals surface area contributed by atoms with Crippen molar-refractivity contribution >= 4 is 0 Å². The smallest absolute Gasteiger partial charge is 0.0225 e. The van der Waals surface area contributed by atoms with Crippen molar-refractivity contribution < 1.29 is 0 Å². The second-order valence-electron chi connectivity index (χ2n) is 5.22. The molecule has 1 aliphatic carbocycles. The number of nitrogens with one attached hydrogen (secondary N) is 1. The highest BCUT2D eigenvalue weighted by Crippen LogP contribution is 2.58. The van der Waals surface area contributed by atoms with Gasteiger partial charge < -0.3 is 5.32 Å². The quantitative estimate of drug-likeness (QED) is 0.658. The molecular weight excluding hydrogens is 170 g/mol. The van der Waals surface area contributed by atoms with Crippen molar-refractivity contribution in [1.82, 2.24) is 5.32 Å². The third-order valence-corrected chi connectivity index (χ3v) is 4.20. The summed E-state index contributed by atoms with van der Waals surface area (Å²) in [5, 5.41) is 3.67. The van der Waals surface area contributed by atoms with Crippen LogP contribution in [0.1, 0.15) is 37.8 Å². The minimum absolute atomic E-state index is 0.279. The summed E-state index contributed by atoms with van der Waals surface area (Å²) in [6, 6.07) is 8.91. The highest BCUT2D eigenvalue weighted by molar-refractivity contribution is 5.44. The van der Waals surface area contributed by atoms with E-state index in [1.807, 2.05) is 0 Å². The molecule has 0 bridgehead atoms. The lowest BCUT2D eigenvalue weighted by molar-refractivity contribution is 0.276. The molecule has 1 aliphatic heterocycles. The average molecular weight is 187 g/mol. The minimum Gasteiger partial charge on any atom is -0.307 e. The fourth-order valence-electron chi connectivity index (χ4n) is 2.98. The predicted octanol–water partition coefficient (Wildman–Crippen LogP) is 2.60. The number of benzene rings is 1. The van der Waals surface area contributed by atoms with Crippen molar-refractivity contribution in [3.63, 3.8) is 0 Å². The van der Waals surface area contributed by atoms with Crippen LogP contribution >= 0.6 is 0 Å². The molecule has 0 atom stereocenters. The first kappa shape index (κ1) is 8.49. The molecule has 1 fully saturated rings. The molecular formula is C13H17N. The molecule has 1 aromatic carbocycles. The first-order valence-electron chi connectivity index (χ1n) is 5.49. The van der Waals surface area contributed by atoms with Gasteiger partial charge in [-0.15, -0.1) is 0 Å². The SMILES string of the molecule is CC1(C)NCc2ccccc2C12CC2. The Hall–Kier alpha value is -0.820. The molecule has 1 N–H and O–H groups in total. The monoisotopic (exact) mass is 187 g/mol. The summed E-state index contributed by atoms with van der Waals surface area (Å²) in [7, 11) is 0. The first-order chi connectivity index (χ1) is 6.66. The summed E-state index contributed by atoms with van der Waals surface area (Å²) < 4.78 is 0. The molecule has 1 spiro atoms. The standard InChI is InChI=1S/C13H17N/c1-12(2)13(7-8-13)11-6-4-3-5-10(11)9-14-12/h3-6,14H,7-9H2,1-2H3. The lowest BCUT2D eigenvalue weighted by Gasteiger charge is -2.42. The van der Waals surface area contributed by atoms with Gasteiger partial charge in [0.15, 0.2) is 0 Å². The van der Waals surface area contributed by atoms with Gasteiger partial charge in [0.1, 0.15) is 0 Å². The third-order valence-electron chi connectivity index (χ3n) is 4.20. The molecule has 1 aromatic rings. The molecule has 0 saturated heterocycles. The lowest BCUT2D eigenvalue weighted by atomic mass is 9.74. The molecule has 1 nitrogen and oxygen atoms in total. The maximum absolute atomic E-state index is 3.67. The first-order valence-corrected chi connectivity index (χ1v) is 5.49. The second kappa shape index (κ2) is 2.40. The Balaban J connectivity index is 2.18. The van der Waals surface area contributed by atoms with Gasteiger partial charge in [-0.05, 0) is 37.8 Å². The Bertz CT molecular complexity index is 375. The van der Waals surface area contributed by atoms with Crippen LogP contribution in [-0.2, 0) is 12.0 Å². The maximum atomic E-state index is 3.67. The van der Waals surface area contributed by atoms with E-state index in [0.29, 0.717) is 5.41 Å². The summed E-state index contributed by atoms with van der Waals surface area (Å²) in [6.07, 6.45) is 2.70. The van der Waals surface area contributed by atoms with Crippen molar-refractivity contribution in [3.05, 3.63) is 35.4 Å². The van der Waals surface area contributed by atoms with Gasteiger partial charge in [-0.1, -0.05) is 24.3 Å². The maximum Gasteiger partial charge on any atom is 0.0225 e. The lowest BCUT2D eigenvalue weighted by Crippen LogP contribution is -2.52. The topological polar surface area (TPSA) is 12.0 Å². The zero-order chi connectivity index (χ0) is 9.81. The Morgan fingerprint density at radius 2 is 1.86 bits per heavy atom. The van der Waals surface area contributed by atoms with Crippen molar-refractivity contribution in [2.45, 2.75) is 44.2 Å². The van der Waals surface area contributed by atoms with Crippen molar-refractivity contribution in [3.8, 4) is 0 Å². The summed E-state index contributed by atoms with van der Waals surface area (Å²) in [4.78, 5) is 0. The van der Waals surface area contributed by atoms with Crippen molar-refractivity contribution in [1.29, 1.82) is 0 Å². The Morgan fingerprint density at radius 1 is 1.14 bits per heavy atom. The molecule has 1 heterocycles. The van der Waals surface area contributed by atoms with Gasteiger partial charge >= 0.3 is 0 Å². The molecule has 3 rings (SSSR count). The molecule has 2 aliphatic rings. The molecule has 0 amide bonds. The van der Waals surface area contributed by atoms with Crippen molar-refractivity contribution in [2.24, 2.45) is 0 Å². The summed E-state index contributed by atoms with van der Waals surface area (Å²) >= 11 is 0. The van der Waals surface area contributed by atoms with Gasteiger partial charge in [0.2, 0.25) is 0 Å². The third kappa shape index (κ3) is 0.885. The minimum atomic E-state index is 0.279. The fraction of sp³-hybridized carbons (Fsp3) is 0.538. The number of fused-ring (bicyclic) bond motifs is 2. The second-order valence-corrected chi connectivity index (χ2v) is 5.22. The summed E-state index contributed by atoms with van der Waals surface area (Å²) in [5.41, 5.74) is 3.83. The largest absolute Gasteiger partial charge is 0.307 e. The van der Waals surface area contributed by atoms with Gasteiger partial charge in [-0.25, -0.2) is 0 Å². The van der Waals surface area contributed by atoms with Gasteiger partial charge in [0.25, 0.3) is 0 Å². The number of hydrogen-bond donors (Lipinski definition) is 1. The van der Waals surface area contributed by atoms with Crippen LogP contribution in [0.2, 0.25) is 0 Å². The van der Waals surface area contributed by atoms with E-state index < -0.39 is 0 Å². The van der Waals surface area contributed by atoms with Crippen LogP contribution in [0.25, 0.3) is 0 Å². The van der Waals surface area contributed by atoms with Crippen molar-refractivity contribution in [2.75, 3.05) is 0 Å². The Morgan fingerprint density at radius 3 is 2.57 bits per heavy atom. The molecule has 14 heavy (non-hydrogen) atoms. The van der Waals surface area contributed by atoms with Gasteiger partial charge in [0, 0.05) is 17.5 Å². The van der Waals surface area contributed by atoms with E-state index in [1.165, 1.54) is 18.4 Å². The molecule has 0 aromatic heterocycles. The molecule has 0 radical (unpaired) electrons. The molecule has 1 heteroatoms. The van der Waals surface area contributed by atoms with Gasteiger partial charge in [-0.3, -0.25) is 0 Å². The van der Waals surface area contributed by atoms with Crippen LogP contribution in [0.5, 0.6) is 0 Å². The Kier molecular flexibility index (Phi) is 1.46. The predicted molar refractivity (Wildman–Crippen MR) is 58.3 cm³/mol.